The molecule has 7 nitrogen and oxygen atoms in total. The fraction of sp³-hybridized carbons (Fsp3) is 0.500. The number of rotatable bonds is 9. The minimum absolute atomic E-state index is 0.178. The van der Waals surface area contributed by atoms with Gasteiger partial charge in [-0.2, -0.15) is 0 Å². The number of anilines is 1. The van der Waals surface area contributed by atoms with E-state index in [2.05, 4.69) is 31.9 Å². The molecule has 1 unspecified atom stereocenters. The topological polar surface area (TPSA) is 113 Å². The first-order chi connectivity index (χ1) is 12.2. The molecule has 4 amide bonds. The standard InChI is InChI=1S/C18H27BrN4O3/c1-4-5-14(16(20)24)22-17(25)15(10-11(2)3)23-18(26)21-13-8-6-12(19)7-9-13/h6-9,11,14-15H,4-5,10H2,1-3H3,(H2,20,24)(H,22,25)(H2,21,23,26)/t14-,15?/m0/s1. The van der Waals surface area contributed by atoms with Gasteiger partial charge in [-0.1, -0.05) is 43.1 Å². The van der Waals surface area contributed by atoms with Gasteiger partial charge in [-0.25, -0.2) is 4.79 Å². The molecule has 0 spiro atoms. The van der Waals surface area contributed by atoms with Crippen LogP contribution in [0.5, 0.6) is 0 Å². The van der Waals surface area contributed by atoms with Crippen LogP contribution in [0.3, 0.4) is 0 Å². The first kappa shape index (κ1) is 22.0. The summed E-state index contributed by atoms with van der Waals surface area (Å²) in [7, 11) is 0. The first-order valence-electron chi connectivity index (χ1n) is 8.65. The highest BCUT2D eigenvalue weighted by molar-refractivity contribution is 9.10. The molecule has 0 bridgehead atoms. The molecule has 0 aromatic heterocycles. The lowest BCUT2D eigenvalue weighted by Gasteiger charge is -2.23. The number of nitrogens with two attached hydrogens (primary N) is 1. The van der Waals surface area contributed by atoms with Crippen LogP contribution in [0.2, 0.25) is 0 Å². The molecular weight excluding hydrogens is 400 g/mol. The lowest BCUT2D eigenvalue weighted by molar-refractivity contribution is -0.128. The maximum atomic E-state index is 12.5. The molecule has 26 heavy (non-hydrogen) atoms. The van der Waals surface area contributed by atoms with Gasteiger partial charge in [0.2, 0.25) is 11.8 Å². The highest BCUT2D eigenvalue weighted by Gasteiger charge is 2.26. The van der Waals surface area contributed by atoms with Crippen LogP contribution in [0.4, 0.5) is 10.5 Å². The summed E-state index contributed by atoms with van der Waals surface area (Å²) in [6.45, 7) is 5.80. The van der Waals surface area contributed by atoms with E-state index in [0.29, 0.717) is 24.9 Å². The second-order valence-electron chi connectivity index (χ2n) is 6.54. The van der Waals surface area contributed by atoms with Crippen molar-refractivity contribution in [2.45, 2.75) is 52.1 Å². The van der Waals surface area contributed by atoms with Gasteiger partial charge < -0.3 is 21.7 Å². The monoisotopic (exact) mass is 426 g/mol. The Morgan fingerprint density at radius 1 is 1.08 bits per heavy atom. The van der Waals surface area contributed by atoms with Gasteiger partial charge in [-0.05, 0) is 43.0 Å². The summed E-state index contributed by atoms with van der Waals surface area (Å²) < 4.78 is 0.897. The van der Waals surface area contributed by atoms with Crippen LogP contribution in [-0.2, 0) is 9.59 Å². The number of hydrogen-bond donors (Lipinski definition) is 4. The molecule has 2 atom stereocenters. The molecule has 0 aliphatic carbocycles. The second kappa shape index (κ2) is 10.8. The fourth-order valence-corrected chi connectivity index (χ4v) is 2.67. The SMILES string of the molecule is CCC[C@H](NC(=O)C(CC(C)C)NC(=O)Nc1ccc(Br)cc1)C(N)=O. The predicted octanol–water partition coefficient (Wildman–Crippen LogP) is 2.76. The minimum atomic E-state index is -0.760. The molecule has 0 fully saturated rings. The van der Waals surface area contributed by atoms with E-state index in [1.54, 1.807) is 24.3 Å². The molecule has 0 heterocycles. The second-order valence-corrected chi connectivity index (χ2v) is 7.46. The highest BCUT2D eigenvalue weighted by atomic mass is 79.9. The molecule has 1 rings (SSSR count). The molecule has 0 saturated heterocycles. The Balaban J connectivity index is 2.75. The van der Waals surface area contributed by atoms with E-state index in [0.717, 1.165) is 4.47 Å². The summed E-state index contributed by atoms with van der Waals surface area (Å²) in [6.07, 6.45) is 1.61. The molecule has 0 saturated carbocycles. The van der Waals surface area contributed by atoms with Gasteiger partial charge in [0.25, 0.3) is 0 Å². The van der Waals surface area contributed by atoms with E-state index in [-0.39, 0.29) is 5.92 Å². The Kier molecular flexibility index (Phi) is 9.12. The zero-order valence-corrected chi connectivity index (χ0v) is 16.9. The predicted molar refractivity (Wildman–Crippen MR) is 106 cm³/mol. The number of hydrogen-bond acceptors (Lipinski definition) is 3. The Morgan fingerprint density at radius 3 is 2.19 bits per heavy atom. The first-order valence-corrected chi connectivity index (χ1v) is 9.45. The third-order valence-corrected chi connectivity index (χ3v) is 4.20. The normalized spacial score (nSPS) is 13.0. The van der Waals surface area contributed by atoms with Crippen molar-refractivity contribution in [3.8, 4) is 0 Å². The molecule has 5 N–H and O–H groups in total. The van der Waals surface area contributed by atoms with Gasteiger partial charge in [-0.15, -0.1) is 0 Å². The van der Waals surface area contributed by atoms with Gasteiger partial charge in [-0.3, -0.25) is 9.59 Å². The van der Waals surface area contributed by atoms with Crippen molar-refractivity contribution in [2.75, 3.05) is 5.32 Å². The summed E-state index contributed by atoms with van der Waals surface area (Å²) in [5.41, 5.74) is 5.94. The van der Waals surface area contributed by atoms with Gasteiger partial charge in [0.05, 0.1) is 0 Å². The third-order valence-electron chi connectivity index (χ3n) is 3.67. The van der Waals surface area contributed by atoms with Gasteiger partial charge in [0, 0.05) is 10.2 Å². The smallest absolute Gasteiger partial charge is 0.319 e. The van der Waals surface area contributed by atoms with E-state index in [1.165, 1.54) is 0 Å². The Hall–Kier alpha value is -2.09. The number of amides is 4. The van der Waals surface area contributed by atoms with Crippen LogP contribution >= 0.6 is 15.9 Å². The highest BCUT2D eigenvalue weighted by Crippen LogP contribution is 2.14. The van der Waals surface area contributed by atoms with Gasteiger partial charge >= 0.3 is 6.03 Å². The van der Waals surface area contributed by atoms with E-state index in [1.807, 2.05) is 20.8 Å². The Morgan fingerprint density at radius 2 is 1.69 bits per heavy atom. The van der Waals surface area contributed by atoms with Crippen LogP contribution in [0.15, 0.2) is 28.7 Å². The van der Waals surface area contributed by atoms with E-state index < -0.39 is 29.9 Å². The zero-order valence-electron chi connectivity index (χ0n) is 15.3. The van der Waals surface area contributed by atoms with Crippen molar-refractivity contribution in [1.82, 2.24) is 10.6 Å². The van der Waals surface area contributed by atoms with Crippen LogP contribution in [0.25, 0.3) is 0 Å². The molecular formula is C18H27BrN4O3. The van der Waals surface area contributed by atoms with Crippen molar-refractivity contribution in [1.29, 1.82) is 0 Å². The number of primary amides is 1. The van der Waals surface area contributed by atoms with Gasteiger partial charge in [0.1, 0.15) is 12.1 Å². The lowest BCUT2D eigenvalue weighted by atomic mass is 10.0. The molecule has 0 aliphatic heterocycles. The van der Waals surface area contributed by atoms with Crippen molar-refractivity contribution < 1.29 is 14.4 Å². The fourth-order valence-electron chi connectivity index (χ4n) is 2.41. The van der Waals surface area contributed by atoms with Crippen molar-refractivity contribution in [3.63, 3.8) is 0 Å². The molecule has 0 aliphatic rings. The van der Waals surface area contributed by atoms with Gasteiger partial charge in [0.15, 0.2) is 0 Å². The maximum absolute atomic E-state index is 12.5. The van der Waals surface area contributed by atoms with Crippen molar-refractivity contribution in [2.24, 2.45) is 11.7 Å². The molecule has 8 heteroatoms. The van der Waals surface area contributed by atoms with Crippen LogP contribution < -0.4 is 21.7 Å². The number of urea groups is 1. The molecule has 1 aromatic rings. The van der Waals surface area contributed by atoms with E-state index in [4.69, 9.17) is 5.73 Å². The zero-order chi connectivity index (χ0) is 19.7. The summed E-state index contributed by atoms with van der Waals surface area (Å²) in [5.74, 6) is -0.818. The van der Waals surface area contributed by atoms with E-state index in [9.17, 15) is 14.4 Å². The quantitative estimate of drug-likeness (QED) is 0.486. The van der Waals surface area contributed by atoms with Crippen LogP contribution in [0, 0.1) is 5.92 Å². The summed E-state index contributed by atoms with van der Waals surface area (Å²) in [6, 6.07) is 5.10. The largest absolute Gasteiger partial charge is 0.368 e. The Labute approximate surface area is 162 Å². The van der Waals surface area contributed by atoms with E-state index >= 15 is 0 Å². The maximum Gasteiger partial charge on any atom is 0.319 e. The average molecular weight is 427 g/mol. The number of benzene rings is 1. The summed E-state index contributed by atoms with van der Waals surface area (Å²) in [4.78, 5) is 36.2. The van der Waals surface area contributed by atoms with Crippen molar-refractivity contribution in [3.05, 3.63) is 28.7 Å². The number of carbonyl (C=O) groups is 3. The minimum Gasteiger partial charge on any atom is -0.368 e. The molecule has 144 valence electrons. The van der Waals surface area contributed by atoms with Crippen LogP contribution in [0.1, 0.15) is 40.0 Å². The molecule has 0 radical (unpaired) electrons. The van der Waals surface area contributed by atoms with Crippen molar-refractivity contribution >= 4 is 39.5 Å². The lowest BCUT2D eigenvalue weighted by Crippen LogP contribution is -2.53. The number of nitrogens with one attached hydrogen (secondary N) is 3. The molecule has 1 aromatic carbocycles. The Bertz CT molecular complexity index is 619. The summed E-state index contributed by atoms with van der Waals surface area (Å²) >= 11 is 3.33. The van der Waals surface area contributed by atoms with Crippen LogP contribution in [-0.4, -0.2) is 29.9 Å². The third kappa shape index (κ3) is 7.86. The number of carbonyl (C=O) groups excluding carboxylic acids is 3. The average Bonchev–Trinajstić information content (AvgIpc) is 2.55. The number of halogens is 1. The summed E-state index contributed by atoms with van der Waals surface area (Å²) in [5, 5.41) is 8.00.